The predicted molar refractivity (Wildman–Crippen MR) is 146 cm³/mol. The first kappa shape index (κ1) is 23.1. The molecule has 0 aliphatic carbocycles. The Labute approximate surface area is 225 Å². The minimum Gasteiger partial charge on any atom is -0.489 e. The fraction of sp³-hybridized carbons (Fsp3) is 0.429. The molecule has 8 heteroatoms. The third kappa shape index (κ3) is 5.63. The zero-order valence-electron chi connectivity index (χ0n) is 15.9. The van der Waals surface area contributed by atoms with E-state index in [4.69, 9.17) is 18.9 Å². The third-order valence-corrected chi connectivity index (χ3v) is 8.28. The van der Waals surface area contributed by atoms with E-state index in [1.165, 1.54) is 11.1 Å². The van der Waals surface area contributed by atoms with Crippen LogP contribution >= 0.6 is 90.4 Å². The van der Waals surface area contributed by atoms with Crippen LogP contribution in [0.5, 0.6) is 11.5 Å². The highest BCUT2D eigenvalue weighted by Crippen LogP contribution is 2.40. The molecule has 2 aromatic carbocycles. The smallest absolute Gasteiger partial charge is 0.146 e. The highest BCUT2D eigenvalue weighted by Gasteiger charge is 2.29. The second kappa shape index (κ2) is 9.40. The molecule has 2 saturated heterocycles. The Kier molecular flexibility index (Phi) is 7.47. The van der Waals surface area contributed by atoms with E-state index in [-0.39, 0.29) is 17.6 Å². The molecule has 0 radical (unpaired) electrons. The lowest BCUT2D eigenvalue weighted by atomic mass is 9.78. The van der Waals surface area contributed by atoms with Gasteiger partial charge in [-0.2, -0.15) is 0 Å². The van der Waals surface area contributed by atoms with Crippen LogP contribution in [0.1, 0.15) is 25.0 Å². The van der Waals surface area contributed by atoms with Crippen molar-refractivity contribution in [3.63, 3.8) is 0 Å². The third-order valence-electron chi connectivity index (χ3n) is 5.07. The molecule has 0 amide bonds. The maximum atomic E-state index is 6.00. The first-order chi connectivity index (χ1) is 13.8. The summed E-state index contributed by atoms with van der Waals surface area (Å²) in [4.78, 5) is 0. The molecule has 0 bridgehead atoms. The Balaban J connectivity index is 1.59. The van der Waals surface area contributed by atoms with Gasteiger partial charge in [-0.3, -0.25) is 0 Å². The fourth-order valence-corrected chi connectivity index (χ4v) is 7.12. The summed E-state index contributed by atoms with van der Waals surface area (Å²) in [5.41, 5.74) is 2.40. The van der Waals surface area contributed by atoms with Gasteiger partial charge in [-0.1, -0.05) is 13.8 Å². The van der Waals surface area contributed by atoms with Crippen molar-refractivity contribution in [3.05, 3.63) is 49.7 Å². The van der Waals surface area contributed by atoms with Gasteiger partial charge in [0.1, 0.15) is 36.9 Å². The maximum Gasteiger partial charge on any atom is 0.146 e. The number of hydrogen-bond donors (Lipinski definition) is 0. The summed E-state index contributed by atoms with van der Waals surface area (Å²) in [6.07, 6.45) is 0.517. The van der Waals surface area contributed by atoms with E-state index >= 15 is 0 Å². The Hall–Kier alpha value is 0.880. The van der Waals surface area contributed by atoms with Gasteiger partial charge in [0.05, 0.1) is 27.5 Å². The van der Waals surface area contributed by atoms with Crippen molar-refractivity contribution < 1.29 is 18.9 Å². The van der Waals surface area contributed by atoms with Crippen molar-refractivity contribution in [2.45, 2.75) is 31.5 Å². The van der Waals surface area contributed by atoms with Crippen LogP contribution in [0, 0.1) is 14.3 Å². The largest absolute Gasteiger partial charge is 0.489 e. The summed E-state index contributed by atoms with van der Waals surface area (Å²) in [6, 6.07) is 8.95. The zero-order chi connectivity index (χ0) is 20.8. The predicted octanol–water partition coefficient (Wildman–Crippen LogP) is 5.99. The molecule has 0 aromatic heterocycles. The van der Waals surface area contributed by atoms with E-state index in [0.29, 0.717) is 13.2 Å². The van der Waals surface area contributed by atoms with E-state index < -0.39 is 0 Å². The van der Waals surface area contributed by atoms with Crippen LogP contribution in [0.2, 0.25) is 0 Å². The van der Waals surface area contributed by atoms with Crippen molar-refractivity contribution in [3.8, 4) is 11.5 Å². The van der Waals surface area contributed by atoms with Crippen LogP contribution in [0.4, 0.5) is 0 Å². The molecule has 4 nitrogen and oxygen atoms in total. The van der Waals surface area contributed by atoms with E-state index in [2.05, 4.69) is 128 Å². The first-order valence-corrected chi connectivity index (χ1v) is 13.5. The molecule has 4 rings (SSSR count). The number of hydrogen-bond acceptors (Lipinski definition) is 4. The van der Waals surface area contributed by atoms with Gasteiger partial charge < -0.3 is 18.9 Å². The second-order valence-corrected chi connectivity index (χ2v) is 12.3. The van der Waals surface area contributed by atoms with Crippen LogP contribution in [0.25, 0.3) is 0 Å². The highest BCUT2D eigenvalue weighted by molar-refractivity contribution is 14.1. The molecule has 0 saturated carbocycles. The van der Waals surface area contributed by atoms with E-state index in [0.717, 1.165) is 39.0 Å². The number of benzene rings is 2. The summed E-state index contributed by atoms with van der Waals surface area (Å²) < 4.78 is 27.1. The first-order valence-electron chi connectivity index (χ1n) is 9.23. The van der Waals surface area contributed by atoms with Gasteiger partial charge in [0, 0.05) is 5.41 Å². The SMILES string of the molecule is CC(C)(c1cc(I)c(OCC2CO2)c(I)c1)c1cc(I)c(OCC2CO2)c(I)c1. The molecule has 2 fully saturated rings. The molecule has 2 unspecified atom stereocenters. The van der Waals surface area contributed by atoms with E-state index in [9.17, 15) is 0 Å². The zero-order valence-corrected chi connectivity index (χ0v) is 24.6. The van der Waals surface area contributed by atoms with E-state index in [1.807, 2.05) is 0 Å². The average Bonchev–Trinajstić information content (AvgIpc) is 3.54. The minimum atomic E-state index is -0.143. The Morgan fingerprint density at radius 3 is 1.34 bits per heavy atom. The van der Waals surface area contributed by atoms with Crippen LogP contribution < -0.4 is 9.47 Å². The van der Waals surface area contributed by atoms with Crippen molar-refractivity contribution in [2.24, 2.45) is 0 Å². The van der Waals surface area contributed by atoms with Gasteiger partial charge in [-0.05, 0) is 126 Å². The molecule has 0 spiro atoms. The lowest BCUT2D eigenvalue weighted by Crippen LogP contribution is -2.21. The van der Waals surface area contributed by atoms with Crippen LogP contribution in [0.15, 0.2) is 24.3 Å². The molecule has 29 heavy (non-hydrogen) atoms. The normalized spacial score (nSPS) is 20.5. The van der Waals surface area contributed by atoms with Gasteiger partial charge in [-0.15, -0.1) is 0 Å². The standard InChI is InChI=1S/C21H20I4O4/c1-21(2,11-3-15(22)19(16(23)4-11)28-9-13-7-26-13)12-5-17(24)20(18(25)6-12)29-10-14-8-27-14/h3-6,13-14H,7-10H2,1-2H3. The summed E-state index contributed by atoms with van der Waals surface area (Å²) in [5.74, 6) is 1.91. The monoisotopic (exact) mass is 844 g/mol. The molecule has 2 aliphatic rings. The van der Waals surface area contributed by atoms with Crippen LogP contribution in [0.3, 0.4) is 0 Å². The Morgan fingerprint density at radius 1 is 0.759 bits per heavy atom. The summed E-state index contributed by atoms with van der Waals surface area (Å²) in [5, 5.41) is 0. The average molecular weight is 844 g/mol. The molecular weight excluding hydrogens is 824 g/mol. The lowest BCUT2D eigenvalue weighted by Gasteiger charge is -2.28. The Bertz CT molecular complexity index is 803. The molecule has 0 N–H and O–H groups in total. The van der Waals surface area contributed by atoms with Crippen molar-refractivity contribution in [1.29, 1.82) is 0 Å². The summed E-state index contributed by atoms with van der Waals surface area (Å²) in [6.45, 7) is 7.41. The Morgan fingerprint density at radius 2 is 1.07 bits per heavy atom. The number of ether oxygens (including phenoxy) is 4. The fourth-order valence-electron chi connectivity index (χ4n) is 2.97. The molecule has 2 aromatic rings. The second-order valence-electron chi connectivity index (χ2n) is 7.70. The van der Waals surface area contributed by atoms with Gasteiger partial charge >= 0.3 is 0 Å². The molecule has 2 atom stereocenters. The quantitative estimate of drug-likeness (QED) is 0.243. The topological polar surface area (TPSA) is 43.5 Å². The molecular formula is C21H20I4O4. The van der Waals surface area contributed by atoms with Gasteiger partial charge in [-0.25, -0.2) is 0 Å². The number of epoxide rings is 2. The molecule has 2 aliphatic heterocycles. The van der Waals surface area contributed by atoms with Crippen molar-refractivity contribution in [1.82, 2.24) is 0 Å². The maximum absolute atomic E-state index is 6.00. The van der Waals surface area contributed by atoms with Crippen LogP contribution in [-0.4, -0.2) is 38.6 Å². The van der Waals surface area contributed by atoms with E-state index in [1.54, 1.807) is 0 Å². The number of rotatable bonds is 8. The molecule has 156 valence electrons. The summed E-state index contributed by atoms with van der Waals surface area (Å²) >= 11 is 9.50. The number of halogens is 4. The van der Waals surface area contributed by atoms with Crippen molar-refractivity contribution >= 4 is 90.4 Å². The lowest BCUT2D eigenvalue weighted by molar-refractivity contribution is 0.260. The van der Waals surface area contributed by atoms with Crippen molar-refractivity contribution in [2.75, 3.05) is 26.4 Å². The summed E-state index contributed by atoms with van der Waals surface area (Å²) in [7, 11) is 0. The van der Waals surface area contributed by atoms with Gasteiger partial charge in [0.15, 0.2) is 0 Å². The van der Waals surface area contributed by atoms with Crippen LogP contribution in [-0.2, 0) is 14.9 Å². The minimum absolute atomic E-state index is 0.143. The van der Waals surface area contributed by atoms with Gasteiger partial charge in [0.25, 0.3) is 0 Å². The highest BCUT2D eigenvalue weighted by atomic mass is 127. The molecule has 2 heterocycles. The van der Waals surface area contributed by atoms with Gasteiger partial charge in [0.2, 0.25) is 0 Å².